The van der Waals surface area contributed by atoms with Crippen molar-refractivity contribution in [2.45, 2.75) is 19.5 Å². The highest BCUT2D eigenvalue weighted by Gasteiger charge is 2.19. The van der Waals surface area contributed by atoms with E-state index >= 15 is 0 Å². The van der Waals surface area contributed by atoms with Gasteiger partial charge >= 0.3 is 0 Å². The van der Waals surface area contributed by atoms with Gasteiger partial charge in [0.1, 0.15) is 11.9 Å². The first-order valence-corrected chi connectivity index (χ1v) is 9.64. The number of hydrogen-bond acceptors (Lipinski definition) is 3. The van der Waals surface area contributed by atoms with E-state index in [4.69, 9.17) is 11.6 Å². The topological polar surface area (TPSA) is 64.7 Å². The second kappa shape index (κ2) is 8.32. The largest absolute Gasteiger partial charge is 0.322 e. The van der Waals surface area contributed by atoms with E-state index in [1.165, 1.54) is 0 Å². The van der Waals surface area contributed by atoms with Crippen LogP contribution >= 0.6 is 11.6 Å². The SMILES string of the molecule is CC(C(=O)Nc1cnn(Cc2ccc(Cl)cc2)c1)n1ccnc1-c1ccccc1. The van der Waals surface area contributed by atoms with Crippen LogP contribution in [0, 0.1) is 0 Å². The Labute approximate surface area is 173 Å². The number of imidazole rings is 1. The fourth-order valence-electron chi connectivity index (χ4n) is 3.10. The van der Waals surface area contributed by atoms with Gasteiger partial charge in [0, 0.05) is 29.2 Å². The molecule has 2 aromatic carbocycles. The van der Waals surface area contributed by atoms with Gasteiger partial charge in [-0.1, -0.05) is 54.1 Å². The lowest BCUT2D eigenvalue weighted by Gasteiger charge is -2.15. The van der Waals surface area contributed by atoms with E-state index in [1.807, 2.05) is 78.5 Å². The molecule has 1 amide bonds. The summed E-state index contributed by atoms with van der Waals surface area (Å²) >= 11 is 5.92. The number of rotatable bonds is 6. The van der Waals surface area contributed by atoms with Crippen molar-refractivity contribution in [3.8, 4) is 11.4 Å². The number of amides is 1. The molecule has 4 rings (SSSR count). The van der Waals surface area contributed by atoms with Gasteiger partial charge in [-0.05, 0) is 24.6 Å². The fraction of sp³-hybridized carbons (Fsp3) is 0.136. The average molecular weight is 406 g/mol. The van der Waals surface area contributed by atoms with Gasteiger partial charge in [-0.15, -0.1) is 0 Å². The van der Waals surface area contributed by atoms with Crippen LogP contribution in [-0.2, 0) is 11.3 Å². The zero-order valence-electron chi connectivity index (χ0n) is 15.9. The highest BCUT2D eigenvalue weighted by molar-refractivity contribution is 6.30. The van der Waals surface area contributed by atoms with Gasteiger partial charge < -0.3 is 9.88 Å². The molecule has 0 fully saturated rings. The Morgan fingerprint density at radius 2 is 1.90 bits per heavy atom. The number of carbonyl (C=O) groups is 1. The molecule has 0 aliphatic rings. The van der Waals surface area contributed by atoms with Crippen LogP contribution in [0.15, 0.2) is 79.4 Å². The normalized spacial score (nSPS) is 11.9. The Balaban J connectivity index is 1.44. The Hall–Kier alpha value is -3.38. The Morgan fingerprint density at radius 1 is 1.14 bits per heavy atom. The molecule has 7 heteroatoms. The standard InChI is InChI=1S/C22H20ClN5O/c1-16(28-12-11-24-21(28)18-5-3-2-4-6-18)22(29)26-20-13-25-27(15-20)14-17-7-9-19(23)10-8-17/h2-13,15-16H,14H2,1H3,(H,26,29). The molecular weight excluding hydrogens is 386 g/mol. The minimum atomic E-state index is -0.424. The third-order valence-electron chi connectivity index (χ3n) is 4.66. The van der Waals surface area contributed by atoms with Crippen LogP contribution in [0.4, 0.5) is 5.69 Å². The highest BCUT2D eigenvalue weighted by Crippen LogP contribution is 2.22. The van der Waals surface area contributed by atoms with Gasteiger partial charge in [-0.2, -0.15) is 5.10 Å². The summed E-state index contributed by atoms with van der Waals surface area (Å²) in [6.07, 6.45) is 6.98. The van der Waals surface area contributed by atoms with Crippen molar-refractivity contribution in [3.63, 3.8) is 0 Å². The summed E-state index contributed by atoms with van der Waals surface area (Å²) in [5.74, 6) is 0.623. The molecule has 146 valence electrons. The van der Waals surface area contributed by atoms with E-state index in [9.17, 15) is 4.79 Å². The maximum Gasteiger partial charge on any atom is 0.247 e. The first kappa shape index (κ1) is 19.0. The average Bonchev–Trinajstić information content (AvgIpc) is 3.39. The number of halogens is 1. The number of aromatic nitrogens is 4. The molecule has 1 atom stereocenters. The fourth-order valence-corrected chi connectivity index (χ4v) is 3.23. The minimum absolute atomic E-state index is 0.133. The summed E-state index contributed by atoms with van der Waals surface area (Å²) in [6, 6.07) is 17.0. The number of nitrogens with zero attached hydrogens (tertiary/aromatic N) is 4. The van der Waals surface area contributed by atoms with Gasteiger partial charge in [0.25, 0.3) is 0 Å². The molecule has 0 spiro atoms. The molecule has 0 bridgehead atoms. The second-order valence-corrected chi connectivity index (χ2v) is 7.18. The highest BCUT2D eigenvalue weighted by atomic mass is 35.5. The number of hydrogen-bond donors (Lipinski definition) is 1. The minimum Gasteiger partial charge on any atom is -0.322 e. The number of anilines is 1. The second-order valence-electron chi connectivity index (χ2n) is 6.74. The predicted octanol–water partition coefficient (Wildman–Crippen LogP) is 4.65. The number of carbonyl (C=O) groups excluding carboxylic acids is 1. The zero-order chi connectivity index (χ0) is 20.2. The summed E-state index contributed by atoms with van der Waals surface area (Å²) in [6.45, 7) is 2.45. The maximum absolute atomic E-state index is 12.8. The van der Waals surface area contributed by atoms with E-state index in [0.29, 0.717) is 17.3 Å². The molecule has 29 heavy (non-hydrogen) atoms. The molecule has 1 N–H and O–H groups in total. The van der Waals surface area contributed by atoms with Crippen LogP contribution in [0.2, 0.25) is 5.02 Å². The van der Waals surface area contributed by atoms with Crippen molar-refractivity contribution in [2.75, 3.05) is 5.32 Å². The molecule has 0 aliphatic heterocycles. The van der Waals surface area contributed by atoms with Crippen molar-refractivity contribution >= 4 is 23.2 Å². The third kappa shape index (κ3) is 4.38. The monoisotopic (exact) mass is 405 g/mol. The van der Waals surface area contributed by atoms with Crippen LogP contribution < -0.4 is 5.32 Å². The van der Waals surface area contributed by atoms with E-state index in [1.54, 1.807) is 17.1 Å². The van der Waals surface area contributed by atoms with E-state index in [2.05, 4.69) is 15.4 Å². The molecular formula is C22H20ClN5O. The Bertz CT molecular complexity index is 1100. The number of nitrogens with one attached hydrogen (secondary N) is 1. The van der Waals surface area contributed by atoms with Crippen molar-refractivity contribution < 1.29 is 4.79 Å². The van der Waals surface area contributed by atoms with Crippen LogP contribution in [0.1, 0.15) is 18.5 Å². The van der Waals surface area contributed by atoms with E-state index in [0.717, 1.165) is 17.0 Å². The Kier molecular flexibility index (Phi) is 5.44. The van der Waals surface area contributed by atoms with Crippen LogP contribution in [0.5, 0.6) is 0 Å². The van der Waals surface area contributed by atoms with Crippen LogP contribution in [-0.4, -0.2) is 25.2 Å². The first-order valence-electron chi connectivity index (χ1n) is 9.26. The molecule has 1 unspecified atom stereocenters. The lowest BCUT2D eigenvalue weighted by atomic mass is 10.2. The summed E-state index contributed by atoms with van der Waals surface area (Å²) in [7, 11) is 0. The zero-order valence-corrected chi connectivity index (χ0v) is 16.6. The van der Waals surface area contributed by atoms with E-state index < -0.39 is 6.04 Å². The van der Waals surface area contributed by atoms with Crippen LogP contribution in [0.3, 0.4) is 0 Å². The smallest absolute Gasteiger partial charge is 0.247 e. The summed E-state index contributed by atoms with van der Waals surface area (Å²) in [5, 5.41) is 7.96. The molecule has 2 heterocycles. The van der Waals surface area contributed by atoms with E-state index in [-0.39, 0.29) is 5.91 Å². The van der Waals surface area contributed by atoms with Gasteiger partial charge in [0.15, 0.2) is 0 Å². The van der Waals surface area contributed by atoms with Gasteiger partial charge in [0.05, 0.1) is 18.4 Å². The van der Waals surface area contributed by atoms with Gasteiger partial charge in [-0.25, -0.2) is 4.98 Å². The van der Waals surface area contributed by atoms with Crippen molar-refractivity contribution in [1.29, 1.82) is 0 Å². The lowest BCUT2D eigenvalue weighted by molar-refractivity contribution is -0.118. The molecule has 2 aromatic heterocycles. The molecule has 0 aliphatic carbocycles. The molecule has 4 aromatic rings. The number of benzene rings is 2. The van der Waals surface area contributed by atoms with Crippen molar-refractivity contribution in [2.24, 2.45) is 0 Å². The molecule has 0 radical (unpaired) electrons. The van der Waals surface area contributed by atoms with Crippen molar-refractivity contribution in [3.05, 3.63) is 90.0 Å². The molecule has 0 saturated heterocycles. The van der Waals surface area contributed by atoms with Gasteiger partial charge in [0.2, 0.25) is 5.91 Å². The molecule has 0 saturated carbocycles. The maximum atomic E-state index is 12.8. The summed E-state index contributed by atoms with van der Waals surface area (Å²) < 4.78 is 3.64. The van der Waals surface area contributed by atoms with Crippen molar-refractivity contribution in [1.82, 2.24) is 19.3 Å². The summed E-state index contributed by atoms with van der Waals surface area (Å²) in [4.78, 5) is 17.2. The Morgan fingerprint density at radius 3 is 2.66 bits per heavy atom. The molecule has 6 nitrogen and oxygen atoms in total. The quantitative estimate of drug-likeness (QED) is 0.508. The van der Waals surface area contributed by atoms with Gasteiger partial charge in [-0.3, -0.25) is 9.48 Å². The third-order valence-corrected chi connectivity index (χ3v) is 4.91. The predicted molar refractivity (Wildman–Crippen MR) is 114 cm³/mol. The lowest BCUT2D eigenvalue weighted by Crippen LogP contribution is -2.23. The first-order chi connectivity index (χ1) is 14.1. The van der Waals surface area contributed by atoms with Crippen LogP contribution in [0.25, 0.3) is 11.4 Å². The summed E-state index contributed by atoms with van der Waals surface area (Å²) in [5.41, 5.74) is 2.69.